The number of esters is 1. The maximum absolute atomic E-state index is 11.8. The van der Waals surface area contributed by atoms with E-state index in [4.69, 9.17) is 14.2 Å². The second-order valence-corrected chi connectivity index (χ2v) is 5.05. The van der Waals surface area contributed by atoms with Crippen molar-refractivity contribution in [3.63, 3.8) is 0 Å². The molecule has 2 unspecified atom stereocenters. The number of hydrogen-bond donors (Lipinski definition) is 0. The molecule has 0 heterocycles. The number of carbonyl (C=O) groups excluding carboxylic acids is 1. The maximum atomic E-state index is 11.8. The summed E-state index contributed by atoms with van der Waals surface area (Å²) in [5, 5.41) is 0. The zero-order valence-corrected chi connectivity index (χ0v) is 11.9. The molecule has 0 aliphatic rings. The highest BCUT2D eigenvalue weighted by molar-refractivity contribution is 5.75. The van der Waals surface area contributed by atoms with E-state index in [2.05, 4.69) is 0 Å². The van der Waals surface area contributed by atoms with Crippen LogP contribution < -0.4 is 0 Å². The van der Waals surface area contributed by atoms with E-state index in [9.17, 15) is 4.79 Å². The predicted molar refractivity (Wildman–Crippen MR) is 66.9 cm³/mol. The fraction of sp³-hybridized carbons (Fsp3) is 0.923. The molecule has 0 fully saturated rings. The summed E-state index contributed by atoms with van der Waals surface area (Å²) in [5.74, 6) is -0.171. The molecule has 0 saturated heterocycles. The molecule has 0 amide bonds. The molecule has 17 heavy (non-hydrogen) atoms. The first-order valence-corrected chi connectivity index (χ1v) is 6.15. The van der Waals surface area contributed by atoms with E-state index in [-0.39, 0.29) is 18.2 Å². The maximum Gasteiger partial charge on any atom is 0.311 e. The molecule has 0 saturated carbocycles. The first-order chi connectivity index (χ1) is 7.83. The normalized spacial score (nSPS) is 15.4. The Labute approximate surface area is 105 Å². The fourth-order valence-electron chi connectivity index (χ4n) is 1.10. The van der Waals surface area contributed by atoms with Crippen LogP contribution in [-0.4, -0.2) is 38.5 Å². The monoisotopic (exact) mass is 246 g/mol. The molecule has 0 N–H and O–H groups in total. The molecule has 0 aromatic rings. The van der Waals surface area contributed by atoms with Crippen molar-refractivity contribution in [3.05, 3.63) is 0 Å². The Hall–Kier alpha value is -0.610. The highest BCUT2D eigenvalue weighted by Crippen LogP contribution is 2.22. The molecular weight excluding hydrogens is 220 g/mol. The highest BCUT2D eigenvalue weighted by atomic mass is 16.6. The van der Waals surface area contributed by atoms with Crippen molar-refractivity contribution in [2.24, 2.45) is 5.41 Å². The second kappa shape index (κ2) is 7.67. The van der Waals surface area contributed by atoms with Gasteiger partial charge in [0.2, 0.25) is 0 Å². The van der Waals surface area contributed by atoms with Crippen molar-refractivity contribution in [2.75, 3.05) is 20.3 Å². The van der Waals surface area contributed by atoms with Crippen molar-refractivity contribution in [3.8, 4) is 0 Å². The predicted octanol–water partition coefficient (Wildman–Crippen LogP) is 2.41. The summed E-state index contributed by atoms with van der Waals surface area (Å²) in [4.78, 5) is 11.8. The van der Waals surface area contributed by atoms with Gasteiger partial charge in [0, 0.05) is 7.11 Å². The third kappa shape index (κ3) is 6.64. The molecule has 0 radical (unpaired) electrons. The Kier molecular flexibility index (Phi) is 7.39. The topological polar surface area (TPSA) is 44.8 Å². The Bertz CT molecular complexity index is 225. The van der Waals surface area contributed by atoms with E-state index in [1.165, 1.54) is 0 Å². The van der Waals surface area contributed by atoms with Crippen molar-refractivity contribution in [1.29, 1.82) is 0 Å². The molecule has 0 aliphatic carbocycles. The summed E-state index contributed by atoms with van der Waals surface area (Å²) < 4.78 is 15.8. The molecule has 102 valence electrons. The Morgan fingerprint density at radius 2 is 1.76 bits per heavy atom. The third-order valence-electron chi connectivity index (χ3n) is 2.76. The summed E-state index contributed by atoms with van der Waals surface area (Å²) in [6.45, 7) is 10.4. The van der Waals surface area contributed by atoms with Crippen LogP contribution in [0.3, 0.4) is 0 Å². The number of rotatable bonds is 8. The van der Waals surface area contributed by atoms with Crippen LogP contribution >= 0.6 is 0 Å². The van der Waals surface area contributed by atoms with Gasteiger partial charge in [0.15, 0.2) is 0 Å². The Balaban J connectivity index is 3.94. The van der Waals surface area contributed by atoms with Crippen molar-refractivity contribution < 1.29 is 19.0 Å². The van der Waals surface area contributed by atoms with Crippen LogP contribution in [0.1, 0.15) is 41.0 Å². The van der Waals surface area contributed by atoms with Gasteiger partial charge in [-0.05, 0) is 34.1 Å². The number of methoxy groups -OCH3 is 1. The van der Waals surface area contributed by atoms with Gasteiger partial charge in [-0.3, -0.25) is 4.79 Å². The van der Waals surface area contributed by atoms with Gasteiger partial charge in [0.05, 0.1) is 24.7 Å². The molecule has 4 nitrogen and oxygen atoms in total. The van der Waals surface area contributed by atoms with E-state index in [1.807, 2.05) is 34.6 Å². The van der Waals surface area contributed by atoms with Crippen LogP contribution in [0.25, 0.3) is 0 Å². The fourth-order valence-corrected chi connectivity index (χ4v) is 1.10. The lowest BCUT2D eigenvalue weighted by Gasteiger charge is -2.24. The van der Waals surface area contributed by atoms with Crippen molar-refractivity contribution in [1.82, 2.24) is 0 Å². The first-order valence-electron chi connectivity index (χ1n) is 6.15. The van der Waals surface area contributed by atoms with Gasteiger partial charge >= 0.3 is 5.97 Å². The number of carbonyl (C=O) groups is 1. The minimum Gasteiger partial charge on any atom is -0.460 e. The molecule has 0 spiro atoms. The summed E-state index contributed by atoms with van der Waals surface area (Å²) in [6, 6.07) is 0. The highest BCUT2D eigenvalue weighted by Gasteiger charge is 2.28. The summed E-state index contributed by atoms with van der Waals surface area (Å²) >= 11 is 0. The van der Waals surface area contributed by atoms with Gasteiger partial charge in [0.1, 0.15) is 6.10 Å². The minimum atomic E-state index is -0.424. The summed E-state index contributed by atoms with van der Waals surface area (Å²) in [6.07, 6.45) is 0.549. The van der Waals surface area contributed by atoms with Crippen molar-refractivity contribution in [2.45, 2.75) is 53.2 Å². The molecule has 0 rings (SSSR count). The first kappa shape index (κ1) is 16.4. The van der Waals surface area contributed by atoms with E-state index in [0.29, 0.717) is 13.2 Å². The number of ether oxygens (including phenoxy) is 3. The van der Waals surface area contributed by atoms with Crippen LogP contribution in [0.15, 0.2) is 0 Å². The SMILES string of the molecule is CCC(C)(C)C(=O)OC(C)COC(C)COC. The zero-order valence-electron chi connectivity index (χ0n) is 11.9. The van der Waals surface area contributed by atoms with E-state index >= 15 is 0 Å². The third-order valence-corrected chi connectivity index (χ3v) is 2.76. The quantitative estimate of drug-likeness (QED) is 0.617. The van der Waals surface area contributed by atoms with Crippen LogP contribution in [0, 0.1) is 5.41 Å². The van der Waals surface area contributed by atoms with Gasteiger partial charge in [-0.25, -0.2) is 0 Å². The van der Waals surface area contributed by atoms with Crippen LogP contribution in [0.4, 0.5) is 0 Å². The van der Waals surface area contributed by atoms with Crippen LogP contribution in [-0.2, 0) is 19.0 Å². The molecular formula is C13H26O4. The molecule has 0 aromatic heterocycles. The zero-order chi connectivity index (χ0) is 13.5. The molecule has 2 atom stereocenters. The molecule has 0 bridgehead atoms. The second-order valence-electron chi connectivity index (χ2n) is 5.05. The van der Waals surface area contributed by atoms with Crippen LogP contribution in [0.5, 0.6) is 0 Å². The van der Waals surface area contributed by atoms with Gasteiger partial charge in [-0.15, -0.1) is 0 Å². The van der Waals surface area contributed by atoms with E-state index < -0.39 is 5.41 Å². The average Bonchev–Trinajstić information content (AvgIpc) is 2.26. The van der Waals surface area contributed by atoms with Gasteiger partial charge in [-0.2, -0.15) is 0 Å². The average molecular weight is 246 g/mol. The standard InChI is InChI=1S/C13H26O4/c1-7-13(4,5)12(14)17-11(3)9-16-10(2)8-15-6/h10-11H,7-9H2,1-6H3. The van der Waals surface area contributed by atoms with Gasteiger partial charge in [0.25, 0.3) is 0 Å². The van der Waals surface area contributed by atoms with Crippen LogP contribution in [0.2, 0.25) is 0 Å². The summed E-state index contributed by atoms with van der Waals surface area (Å²) in [5.41, 5.74) is -0.424. The lowest BCUT2D eigenvalue weighted by Crippen LogP contribution is -2.32. The Morgan fingerprint density at radius 3 is 2.24 bits per heavy atom. The minimum absolute atomic E-state index is 0.0142. The number of hydrogen-bond acceptors (Lipinski definition) is 4. The van der Waals surface area contributed by atoms with Gasteiger partial charge in [-0.1, -0.05) is 6.92 Å². The molecule has 0 aromatic carbocycles. The summed E-state index contributed by atoms with van der Waals surface area (Å²) in [7, 11) is 1.63. The lowest BCUT2D eigenvalue weighted by atomic mass is 9.91. The van der Waals surface area contributed by atoms with Gasteiger partial charge < -0.3 is 14.2 Å². The van der Waals surface area contributed by atoms with E-state index in [0.717, 1.165) is 6.42 Å². The Morgan fingerprint density at radius 1 is 1.18 bits per heavy atom. The molecule has 0 aliphatic heterocycles. The molecule has 4 heteroatoms. The largest absolute Gasteiger partial charge is 0.460 e. The lowest BCUT2D eigenvalue weighted by molar-refractivity contribution is -0.163. The van der Waals surface area contributed by atoms with E-state index in [1.54, 1.807) is 7.11 Å². The van der Waals surface area contributed by atoms with Crippen molar-refractivity contribution >= 4 is 5.97 Å². The smallest absolute Gasteiger partial charge is 0.311 e.